The average molecular weight is 696 g/mol. The minimum absolute atomic E-state index is 0. The molecule has 2 fully saturated rings. The van der Waals surface area contributed by atoms with Crippen LogP contribution in [0.3, 0.4) is 0 Å². The third-order valence-electron chi connectivity index (χ3n) is 10.3. The number of rotatable bonds is 19. The van der Waals surface area contributed by atoms with Crippen LogP contribution >= 0.6 is 24.8 Å². The Kier molecular flexibility index (Phi) is 24.0. The van der Waals surface area contributed by atoms with Gasteiger partial charge >= 0.3 is 0 Å². The van der Waals surface area contributed by atoms with Crippen molar-refractivity contribution in [2.75, 3.05) is 39.3 Å². The van der Waals surface area contributed by atoms with Crippen LogP contribution in [0.5, 0.6) is 0 Å². The summed E-state index contributed by atoms with van der Waals surface area (Å²) in [7, 11) is 0. The fraction of sp³-hybridized carbons (Fsp3) is 0.692. The van der Waals surface area contributed by atoms with E-state index in [1.165, 1.54) is 38.5 Å². The minimum atomic E-state index is -0.678. The van der Waals surface area contributed by atoms with Crippen molar-refractivity contribution in [1.29, 1.82) is 0 Å². The standard InChI is InChI=1S/C20H34N2O.C19H32N2O.2ClH/c21-15-7-8-16-22-17-9-14-20(23,18-10-3-1-4-11-18)19-12-5-2-6-13-19;20-14-7-8-15-21-16-13-19(22,17-9-3-1-4-10-17)18-11-5-2-6-12-18;;/h1,3-4,10-11,19,22-23H,2,5-9,12-17,21H2;1,3-4,9-10,18,21-22H,2,5-8,11-16,20H2;2*1H. The third kappa shape index (κ3) is 15.1. The smallest absolute Gasteiger partial charge is 0.0936 e. The zero-order valence-electron chi connectivity index (χ0n) is 29.1. The average Bonchev–Trinajstić information content (AvgIpc) is 3.11. The highest BCUT2D eigenvalue weighted by atomic mass is 35.5. The lowest BCUT2D eigenvalue weighted by Gasteiger charge is -2.39. The van der Waals surface area contributed by atoms with Gasteiger partial charge in [0.15, 0.2) is 0 Å². The van der Waals surface area contributed by atoms with E-state index in [9.17, 15) is 10.2 Å². The maximum absolute atomic E-state index is 11.5. The second-order valence-electron chi connectivity index (χ2n) is 13.6. The summed E-state index contributed by atoms with van der Waals surface area (Å²) in [5.41, 5.74) is 11.9. The van der Waals surface area contributed by atoms with Crippen LogP contribution in [0.25, 0.3) is 0 Å². The van der Waals surface area contributed by atoms with Crippen molar-refractivity contribution >= 4 is 24.8 Å². The summed E-state index contributed by atoms with van der Waals surface area (Å²) in [6.07, 6.45) is 19.4. The highest BCUT2D eigenvalue weighted by molar-refractivity contribution is 5.85. The number of halogens is 2. The first-order chi connectivity index (χ1) is 22.0. The van der Waals surface area contributed by atoms with E-state index < -0.39 is 11.2 Å². The van der Waals surface area contributed by atoms with Crippen LogP contribution in [-0.4, -0.2) is 49.5 Å². The summed E-state index contributed by atoms with van der Waals surface area (Å²) >= 11 is 0. The summed E-state index contributed by atoms with van der Waals surface area (Å²) in [4.78, 5) is 0. The molecule has 0 amide bonds. The van der Waals surface area contributed by atoms with Crippen molar-refractivity contribution in [1.82, 2.24) is 10.6 Å². The summed E-state index contributed by atoms with van der Waals surface area (Å²) in [6, 6.07) is 20.6. The van der Waals surface area contributed by atoms with E-state index in [0.717, 1.165) is 121 Å². The molecule has 47 heavy (non-hydrogen) atoms. The van der Waals surface area contributed by atoms with E-state index in [1.54, 1.807) is 0 Å². The minimum Gasteiger partial charge on any atom is -0.385 e. The SMILES string of the molecule is Cl.Cl.NCCCCNCCC(O)(c1ccccc1)C1CCCCC1.NCCCCNCCCC(O)(c1ccccc1)C1CCCCC1. The predicted octanol–water partition coefficient (Wildman–Crippen LogP) is 7.58. The van der Waals surface area contributed by atoms with Gasteiger partial charge in [-0.15, -0.1) is 24.8 Å². The number of nitrogens with one attached hydrogen (secondary N) is 2. The van der Waals surface area contributed by atoms with Gasteiger partial charge in [0.25, 0.3) is 0 Å². The number of unbranched alkanes of at least 4 members (excludes halogenated alkanes) is 2. The number of benzene rings is 2. The molecule has 8 heteroatoms. The zero-order chi connectivity index (χ0) is 32.1. The van der Waals surface area contributed by atoms with Gasteiger partial charge < -0.3 is 32.3 Å². The fourth-order valence-electron chi connectivity index (χ4n) is 7.58. The molecule has 0 spiro atoms. The molecule has 4 rings (SSSR count). The van der Waals surface area contributed by atoms with Crippen molar-refractivity contribution in [2.45, 2.75) is 120 Å². The second-order valence-corrected chi connectivity index (χ2v) is 13.6. The maximum Gasteiger partial charge on any atom is 0.0936 e. The van der Waals surface area contributed by atoms with Crippen LogP contribution in [0, 0.1) is 11.8 Å². The normalized spacial score (nSPS) is 18.0. The van der Waals surface area contributed by atoms with Crippen LogP contribution in [0.15, 0.2) is 60.7 Å². The van der Waals surface area contributed by atoms with Gasteiger partial charge in [0, 0.05) is 0 Å². The van der Waals surface area contributed by atoms with Crippen LogP contribution < -0.4 is 22.1 Å². The Morgan fingerprint density at radius 3 is 1.32 bits per heavy atom. The lowest BCUT2D eigenvalue weighted by molar-refractivity contribution is -0.0475. The first kappa shape index (κ1) is 43.8. The maximum atomic E-state index is 11.5. The molecule has 0 heterocycles. The van der Waals surface area contributed by atoms with Crippen LogP contribution in [0.2, 0.25) is 0 Å². The van der Waals surface area contributed by atoms with Crippen LogP contribution in [0.1, 0.15) is 120 Å². The molecule has 0 radical (unpaired) electrons. The van der Waals surface area contributed by atoms with E-state index in [0.29, 0.717) is 11.8 Å². The summed E-state index contributed by atoms with van der Waals surface area (Å²) in [5, 5.41) is 29.9. The Hall–Kier alpha value is -1.22. The molecule has 270 valence electrons. The first-order valence-electron chi connectivity index (χ1n) is 18.4. The zero-order valence-corrected chi connectivity index (χ0v) is 30.7. The lowest BCUT2D eigenvalue weighted by atomic mass is 9.71. The summed E-state index contributed by atoms with van der Waals surface area (Å²) < 4.78 is 0. The van der Waals surface area contributed by atoms with E-state index in [1.807, 2.05) is 36.4 Å². The number of hydrogen-bond donors (Lipinski definition) is 6. The van der Waals surface area contributed by atoms with Gasteiger partial charge in [-0.1, -0.05) is 99.2 Å². The Labute approximate surface area is 299 Å². The molecular formula is C39H68Cl2N4O2. The molecule has 2 atom stereocenters. The van der Waals surface area contributed by atoms with Gasteiger partial charge in [0.05, 0.1) is 11.2 Å². The van der Waals surface area contributed by atoms with E-state index in [-0.39, 0.29) is 24.8 Å². The molecule has 2 aliphatic rings. The molecule has 2 aromatic rings. The Morgan fingerprint density at radius 1 is 0.511 bits per heavy atom. The van der Waals surface area contributed by atoms with Crippen molar-refractivity contribution in [3.05, 3.63) is 71.8 Å². The molecule has 0 aliphatic heterocycles. The van der Waals surface area contributed by atoms with Gasteiger partial charge in [-0.05, 0) is 133 Å². The number of nitrogens with two attached hydrogens (primary N) is 2. The molecule has 0 saturated heterocycles. The van der Waals surface area contributed by atoms with Gasteiger partial charge in [-0.25, -0.2) is 0 Å². The van der Waals surface area contributed by atoms with Crippen molar-refractivity contribution in [3.8, 4) is 0 Å². The molecule has 2 unspecified atom stereocenters. The fourth-order valence-corrected chi connectivity index (χ4v) is 7.58. The first-order valence-corrected chi connectivity index (χ1v) is 18.4. The molecule has 2 aliphatic carbocycles. The molecule has 0 aromatic heterocycles. The molecule has 6 nitrogen and oxygen atoms in total. The van der Waals surface area contributed by atoms with E-state index in [4.69, 9.17) is 11.5 Å². The van der Waals surface area contributed by atoms with Gasteiger partial charge in [0.2, 0.25) is 0 Å². The highest BCUT2D eigenvalue weighted by Crippen LogP contribution is 2.43. The van der Waals surface area contributed by atoms with E-state index in [2.05, 4.69) is 34.9 Å². The molecular weight excluding hydrogens is 627 g/mol. The topological polar surface area (TPSA) is 117 Å². The highest BCUT2D eigenvalue weighted by Gasteiger charge is 2.39. The van der Waals surface area contributed by atoms with Gasteiger partial charge in [0.1, 0.15) is 0 Å². The monoisotopic (exact) mass is 694 g/mol. The molecule has 2 saturated carbocycles. The Balaban J connectivity index is 0.000000451. The largest absolute Gasteiger partial charge is 0.385 e. The van der Waals surface area contributed by atoms with Crippen molar-refractivity contribution in [3.63, 3.8) is 0 Å². The predicted molar refractivity (Wildman–Crippen MR) is 204 cm³/mol. The van der Waals surface area contributed by atoms with Crippen molar-refractivity contribution in [2.24, 2.45) is 23.3 Å². The Bertz CT molecular complexity index is 993. The third-order valence-corrected chi connectivity index (χ3v) is 10.3. The van der Waals surface area contributed by atoms with Crippen LogP contribution in [-0.2, 0) is 11.2 Å². The van der Waals surface area contributed by atoms with E-state index >= 15 is 0 Å². The van der Waals surface area contributed by atoms with Crippen molar-refractivity contribution < 1.29 is 10.2 Å². The molecule has 2 aromatic carbocycles. The molecule has 0 bridgehead atoms. The Morgan fingerprint density at radius 2 is 0.894 bits per heavy atom. The van der Waals surface area contributed by atoms with Crippen LogP contribution in [0.4, 0.5) is 0 Å². The molecule has 8 N–H and O–H groups in total. The van der Waals surface area contributed by atoms with Gasteiger partial charge in [-0.2, -0.15) is 0 Å². The summed E-state index contributed by atoms with van der Waals surface area (Å²) in [6.45, 7) is 5.41. The number of aliphatic hydroxyl groups is 2. The van der Waals surface area contributed by atoms with Gasteiger partial charge in [-0.3, -0.25) is 0 Å². The quantitative estimate of drug-likeness (QED) is 0.0845. The summed E-state index contributed by atoms with van der Waals surface area (Å²) in [5.74, 6) is 0.811. The number of hydrogen-bond acceptors (Lipinski definition) is 6. The second kappa shape index (κ2) is 25.7. The lowest BCUT2D eigenvalue weighted by Crippen LogP contribution is -2.39.